The molecule has 0 aromatic carbocycles. The Hall–Kier alpha value is -0.600. The number of aliphatic hydroxyl groups is 1. The van der Waals surface area contributed by atoms with Crippen LogP contribution >= 0.6 is 0 Å². The van der Waals surface area contributed by atoms with Crippen molar-refractivity contribution in [1.29, 1.82) is 0 Å². The Balaban J connectivity index is 1.12. The predicted molar refractivity (Wildman–Crippen MR) is 172 cm³/mol. The van der Waals surface area contributed by atoms with Crippen molar-refractivity contribution in [2.24, 2.45) is 51.2 Å². The van der Waals surface area contributed by atoms with Crippen LogP contribution in [0.4, 0.5) is 0 Å². The van der Waals surface area contributed by atoms with Gasteiger partial charge in [-0.1, -0.05) is 60.1 Å². The highest BCUT2D eigenvalue weighted by Crippen LogP contribution is 2.75. The molecule has 2 nitrogen and oxygen atoms in total. The average Bonchev–Trinajstić information content (AvgIpc) is 3.33. The van der Waals surface area contributed by atoms with Gasteiger partial charge in [0.25, 0.3) is 0 Å². The van der Waals surface area contributed by atoms with Crippen LogP contribution in [0.2, 0.25) is 0 Å². The lowest BCUT2D eigenvalue weighted by Crippen LogP contribution is -2.67. The molecule has 0 spiro atoms. The van der Waals surface area contributed by atoms with E-state index in [4.69, 9.17) is 0 Å². The van der Waals surface area contributed by atoms with Crippen molar-refractivity contribution in [2.75, 3.05) is 6.54 Å². The van der Waals surface area contributed by atoms with Gasteiger partial charge in [0.2, 0.25) is 0 Å². The Morgan fingerprint density at radius 3 is 2.27 bits per heavy atom. The number of hydrogen-bond acceptors (Lipinski definition) is 2. The summed E-state index contributed by atoms with van der Waals surface area (Å²) in [5.41, 5.74) is 5.35. The van der Waals surface area contributed by atoms with E-state index in [1.807, 2.05) is 0 Å². The van der Waals surface area contributed by atoms with Crippen LogP contribution < -0.4 is 5.32 Å². The minimum atomic E-state index is -0.351. The lowest BCUT2D eigenvalue weighted by Gasteiger charge is -2.71. The summed E-state index contributed by atoms with van der Waals surface area (Å²) in [4.78, 5) is 0. The molecule has 0 aliphatic heterocycles. The van der Waals surface area contributed by atoms with Crippen LogP contribution in [0.3, 0.4) is 0 Å². The fourth-order valence-corrected chi connectivity index (χ4v) is 13.3. The minimum Gasteiger partial charge on any atom is -0.390 e. The van der Waals surface area contributed by atoms with Crippen molar-refractivity contribution in [3.8, 4) is 0 Å². The SMILES string of the molecule is CC1C(C2=CCC(C)(C)CC2)=CCC2(C)C1CCC1(C)C2CCC2[C@H]3CCCC3(NCCC3(O)CCC3)CC[C@]21C. The molecule has 41 heavy (non-hydrogen) atoms. The molecule has 5 saturated carbocycles. The highest BCUT2D eigenvalue weighted by atomic mass is 16.3. The third kappa shape index (κ3) is 4.29. The third-order valence-corrected chi connectivity index (χ3v) is 16.3. The van der Waals surface area contributed by atoms with Gasteiger partial charge in [-0.3, -0.25) is 0 Å². The quantitative estimate of drug-likeness (QED) is 0.350. The molecule has 7 rings (SSSR count). The Labute approximate surface area is 253 Å². The topological polar surface area (TPSA) is 32.3 Å². The number of fused-ring (bicyclic) bond motifs is 7. The van der Waals surface area contributed by atoms with E-state index < -0.39 is 0 Å². The molecule has 9 atom stereocenters. The lowest BCUT2D eigenvalue weighted by molar-refractivity contribution is -0.212. The lowest BCUT2D eigenvalue weighted by atomic mass is 9.34. The molecule has 7 aliphatic carbocycles. The van der Waals surface area contributed by atoms with Crippen molar-refractivity contribution in [1.82, 2.24) is 5.32 Å². The van der Waals surface area contributed by atoms with E-state index in [1.165, 1.54) is 89.9 Å². The van der Waals surface area contributed by atoms with Crippen LogP contribution in [0, 0.1) is 51.2 Å². The van der Waals surface area contributed by atoms with Crippen LogP contribution in [0.15, 0.2) is 23.3 Å². The number of nitrogens with one attached hydrogen (secondary N) is 1. The maximum atomic E-state index is 10.8. The number of allylic oxidation sites excluding steroid dienone is 4. The summed E-state index contributed by atoms with van der Waals surface area (Å²) < 4.78 is 0. The normalized spacial score (nSPS) is 49.9. The second-order valence-corrected chi connectivity index (χ2v) is 18.4. The molecular formula is C39H63NO. The first-order valence-corrected chi connectivity index (χ1v) is 18.2. The standard InChI is InChI=1S/C39H63NO/c1-27-29(28-12-19-34(2,3)20-13-28)14-21-35(4)30(27)15-22-37(6)33(35)11-10-31-32-9-7-18-39(32,24-23-36(31,37)5)40-26-25-38(41)16-8-17-38/h12,14,27,30-33,40-41H,7-11,13,15-26H2,1-6H3/t27?,30?,31?,32-,33?,35?,36-,37?,39?/m1/s1. The summed E-state index contributed by atoms with van der Waals surface area (Å²) >= 11 is 0. The van der Waals surface area contributed by atoms with Crippen molar-refractivity contribution >= 4 is 0 Å². The molecule has 0 saturated heterocycles. The van der Waals surface area contributed by atoms with E-state index in [9.17, 15) is 5.11 Å². The fraction of sp³-hybridized carbons (Fsp3) is 0.897. The number of hydrogen-bond donors (Lipinski definition) is 2. The van der Waals surface area contributed by atoms with Gasteiger partial charge in [0.15, 0.2) is 0 Å². The molecule has 0 amide bonds. The maximum absolute atomic E-state index is 10.8. The maximum Gasteiger partial charge on any atom is 0.0660 e. The van der Waals surface area contributed by atoms with Gasteiger partial charge in [-0.05, 0) is 172 Å². The molecule has 7 aliphatic rings. The Morgan fingerprint density at radius 2 is 1.56 bits per heavy atom. The molecule has 5 fully saturated rings. The molecule has 2 N–H and O–H groups in total. The largest absolute Gasteiger partial charge is 0.390 e. The van der Waals surface area contributed by atoms with Crippen LogP contribution in [-0.4, -0.2) is 22.8 Å². The van der Waals surface area contributed by atoms with E-state index in [1.54, 1.807) is 11.1 Å². The molecule has 230 valence electrons. The van der Waals surface area contributed by atoms with Crippen molar-refractivity contribution in [2.45, 2.75) is 162 Å². The zero-order chi connectivity index (χ0) is 28.9. The van der Waals surface area contributed by atoms with Gasteiger partial charge in [0.05, 0.1) is 5.60 Å². The van der Waals surface area contributed by atoms with Gasteiger partial charge in [-0.2, -0.15) is 0 Å². The first-order chi connectivity index (χ1) is 19.4. The van der Waals surface area contributed by atoms with Crippen LogP contribution in [-0.2, 0) is 0 Å². The summed E-state index contributed by atoms with van der Waals surface area (Å²) in [6.07, 6.45) is 27.7. The molecule has 7 unspecified atom stereocenters. The van der Waals surface area contributed by atoms with Crippen molar-refractivity contribution in [3.63, 3.8) is 0 Å². The van der Waals surface area contributed by atoms with E-state index in [-0.39, 0.29) is 5.60 Å². The van der Waals surface area contributed by atoms with E-state index in [0.29, 0.717) is 27.2 Å². The van der Waals surface area contributed by atoms with E-state index in [0.717, 1.165) is 55.4 Å². The minimum absolute atomic E-state index is 0.351. The molecule has 2 heteroatoms. The Morgan fingerprint density at radius 1 is 0.756 bits per heavy atom. The van der Waals surface area contributed by atoms with Crippen LogP contribution in [0.5, 0.6) is 0 Å². The monoisotopic (exact) mass is 561 g/mol. The van der Waals surface area contributed by atoms with Crippen molar-refractivity contribution < 1.29 is 5.11 Å². The van der Waals surface area contributed by atoms with Gasteiger partial charge in [0.1, 0.15) is 0 Å². The second-order valence-electron chi connectivity index (χ2n) is 18.4. The Bertz CT molecular complexity index is 1100. The van der Waals surface area contributed by atoms with Gasteiger partial charge in [0, 0.05) is 5.54 Å². The zero-order valence-corrected chi connectivity index (χ0v) is 27.7. The summed E-state index contributed by atoms with van der Waals surface area (Å²) in [6, 6.07) is 0. The molecule has 0 radical (unpaired) electrons. The molecule has 0 bridgehead atoms. The van der Waals surface area contributed by atoms with Gasteiger partial charge in [-0.25, -0.2) is 0 Å². The van der Waals surface area contributed by atoms with Gasteiger partial charge >= 0.3 is 0 Å². The highest BCUT2D eigenvalue weighted by Gasteiger charge is 2.68. The van der Waals surface area contributed by atoms with Crippen LogP contribution in [0.1, 0.15) is 151 Å². The van der Waals surface area contributed by atoms with E-state index in [2.05, 4.69) is 59.0 Å². The first kappa shape index (κ1) is 29.1. The molecular weight excluding hydrogens is 498 g/mol. The molecule has 0 heterocycles. The summed E-state index contributed by atoms with van der Waals surface area (Å²) in [6.45, 7) is 16.9. The Kier molecular flexibility index (Phi) is 6.89. The second kappa shape index (κ2) is 9.70. The zero-order valence-electron chi connectivity index (χ0n) is 27.7. The van der Waals surface area contributed by atoms with Gasteiger partial charge in [-0.15, -0.1) is 0 Å². The molecule has 0 aromatic rings. The molecule has 0 aromatic heterocycles. The third-order valence-electron chi connectivity index (χ3n) is 16.3. The average molecular weight is 562 g/mol. The smallest absolute Gasteiger partial charge is 0.0660 e. The predicted octanol–water partition coefficient (Wildman–Crippen LogP) is 9.77. The van der Waals surface area contributed by atoms with Crippen molar-refractivity contribution in [3.05, 3.63) is 23.3 Å². The van der Waals surface area contributed by atoms with E-state index >= 15 is 0 Å². The highest BCUT2D eigenvalue weighted by molar-refractivity contribution is 5.38. The fourth-order valence-electron chi connectivity index (χ4n) is 13.3. The first-order valence-electron chi connectivity index (χ1n) is 18.2. The van der Waals surface area contributed by atoms with Crippen LogP contribution in [0.25, 0.3) is 0 Å². The summed E-state index contributed by atoms with van der Waals surface area (Å²) in [7, 11) is 0. The summed E-state index contributed by atoms with van der Waals surface area (Å²) in [5.74, 6) is 4.16. The summed E-state index contributed by atoms with van der Waals surface area (Å²) in [5, 5.41) is 15.0. The number of rotatable bonds is 5. The van der Waals surface area contributed by atoms with Gasteiger partial charge < -0.3 is 10.4 Å².